The Balaban J connectivity index is 2.32. The predicted octanol–water partition coefficient (Wildman–Crippen LogP) is 1.63. The predicted molar refractivity (Wildman–Crippen MR) is 85.1 cm³/mol. The first-order chi connectivity index (χ1) is 10.1. The second kappa shape index (κ2) is 9.77. The average Bonchev–Trinajstić information content (AvgIpc) is 2.54. The van der Waals surface area contributed by atoms with Gasteiger partial charge in [0.25, 0.3) is 0 Å². The van der Waals surface area contributed by atoms with Crippen LogP contribution in [0.15, 0.2) is 0 Å². The van der Waals surface area contributed by atoms with Crippen LogP contribution >= 0.6 is 0 Å². The van der Waals surface area contributed by atoms with Gasteiger partial charge in [0.1, 0.15) is 0 Å². The molecule has 1 saturated heterocycles. The van der Waals surface area contributed by atoms with Crippen molar-refractivity contribution in [2.24, 2.45) is 0 Å². The molecule has 0 saturated carbocycles. The summed E-state index contributed by atoms with van der Waals surface area (Å²) in [6.07, 6.45) is 5.02. The fourth-order valence-corrected chi connectivity index (χ4v) is 2.94. The molecule has 1 aliphatic heterocycles. The van der Waals surface area contributed by atoms with Gasteiger partial charge in [-0.25, -0.2) is 0 Å². The standard InChI is InChI=1S/C16H31N3O2/c1-4-14-10-7-8-13-19(14)16(21)15(20)17-11-9-12-18(5-2)6-3/h14H,4-13H2,1-3H3,(H,17,20). The van der Waals surface area contributed by atoms with Gasteiger partial charge in [0.15, 0.2) is 0 Å². The van der Waals surface area contributed by atoms with E-state index in [1.54, 1.807) is 4.90 Å². The minimum absolute atomic E-state index is 0.243. The van der Waals surface area contributed by atoms with Gasteiger partial charge in [-0.15, -0.1) is 0 Å². The minimum atomic E-state index is -0.435. The summed E-state index contributed by atoms with van der Waals surface area (Å²) < 4.78 is 0. The lowest BCUT2D eigenvalue weighted by molar-refractivity contribution is -0.148. The van der Waals surface area contributed by atoms with Gasteiger partial charge in [-0.2, -0.15) is 0 Å². The molecule has 0 aliphatic carbocycles. The number of likely N-dealkylation sites (tertiary alicyclic amines) is 1. The molecular formula is C16H31N3O2. The highest BCUT2D eigenvalue weighted by Gasteiger charge is 2.29. The number of nitrogens with zero attached hydrogens (tertiary/aromatic N) is 2. The molecule has 0 aromatic carbocycles. The smallest absolute Gasteiger partial charge is 0.312 e. The molecule has 1 unspecified atom stereocenters. The monoisotopic (exact) mass is 297 g/mol. The van der Waals surface area contributed by atoms with Gasteiger partial charge in [0.05, 0.1) is 0 Å². The number of hydrogen-bond donors (Lipinski definition) is 1. The van der Waals surface area contributed by atoms with Crippen molar-refractivity contribution in [3.63, 3.8) is 0 Å². The van der Waals surface area contributed by atoms with E-state index in [1.165, 1.54) is 0 Å². The van der Waals surface area contributed by atoms with Crippen LogP contribution in [-0.4, -0.2) is 60.4 Å². The fraction of sp³-hybridized carbons (Fsp3) is 0.875. The summed E-state index contributed by atoms with van der Waals surface area (Å²) in [5.41, 5.74) is 0. The summed E-state index contributed by atoms with van der Waals surface area (Å²) >= 11 is 0. The van der Waals surface area contributed by atoms with Crippen molar-refractivity contribution in [2.75, 3.05) is 32.7 Å². The van der Waals surface area contributed by atoms with Crippen molar-refractivity contribution >= 4 is 11.8 Å². The summed E-state index contributed by atoms with van der Waals surface area (Å²) in [7, 11) is 0. The zero-order chi connectivity index (χ0) is 15.7. The molecule has 1 atom stereocenters. The number of amides is 2. The maximum absolute atomic E-state index is 12.2. The second-order valence-electron chi connectivity index (χ2n) is 5.69. The van der Waals surface area contributed by atoms with E-state index in [-0.39, 0.29) is 11.9 Å². The van der Waals surface area contributed by atoms with Crippen LogP contribution < -0.4 is 5.32 Å². The summed E-state index contributed by atoms with van der Waals surface area (Å²) in [5, 5.41) is 2.77. The number of carbonyl (C=O) groups is 2. The van der Waals surface area contributed by atoms with E-state index in [4.69, 9.17) is 0 Å². The number of nitrogens with one attached hydrogen (secondary N) is 1. The number of rotatable bonds is 7. The van der Waals surface area contributed by atoms with Gasteiger partial charge in [0, 0.05) is 19.1 Å². The Hall–Kier alpha value is -1.10. The van der Waals surface area contributed by atoms with Crippen molar-refractivity contribution in [3.05, 3.63) is 0 Å². The third-order valence-corrected chi connectivity index (χ3v) is 4.38. The van der Waals surface area contributed by atoms with Gasteiger partial charge in [-0.05, 0) is 51.7 Å². The van der Waals surface area contributed by atoms with Crippen LogP contribution in [0.3, 0.4) is 0 Å². The van der Waals surface area contributed by atoms with E-state index in [9.17, 15) is 9.59 Å². The molecule has 1 fully saturated rings. The molecule has 122 valence electrons. The Labute approximate surface area is 129 Å². The van der Waals surface area contributed by atoms with Gasteiger partial charge in [-0.3, -0.25) is 9.59 Å². The highest BCUT2D eigenvalue weighted by molar-refractivity contribution is 6.35. The SMILES string of the molecule is CCC1CCCCN1C(=O)C(=O)NCCCN(CC)CC. The number of carbonyl (C=O) groups excluding carboxylic acids is 2. The molecule has 0 radical (unpaired) electrons. The topological polar surface area (TPSA) is 52.7 Å². The van der Waals surface area contributed by atoms with Crippen molar-refractivity contribution in [2.45, 2.75) is 58.9 Å². The van der Waals surface area contributed by atoms with Crippen LogP contribution in [0.4, 0.5) is 0 Å². The molecule has 0 spiro atoms. The summed E-state index contributed by atoms with van der Waals surface area (Å²) in [6, 6.07) is 0.243. The molecule has 5 heteroatoms. The van der Waals surface area contributed by atoms with E-state index in [2.05, 4.69) is 31.0 Å². The lowest BCUT2D eigenvalue weighted by Crippen LogP contribution is -2.50. The lowest BCUT2D eigenvalue weighted by Gasteiger charge is -2.34. The van der Waals surface area contributed by atoms with Crippen LogP contribution in [0, 0.1) is 0 Å². The molecular weight excluding hydrogens is 266 g/mol. The summed E-state index contributed by atoms with van der Waals surface area (Å²) in [4.78, 5) is 28.3. The molecule has 1 heterocycles. The lowest BCUT2D eigenvalue weighted by atomic mass is 10.00. The van der Waals surface area contributed by atoms with Crippen molar-refractivity contribution in [3.8, 4) is 0 Å². The van der Waals surface area contributed by atoms with Gasteiger partial charge < -0.3 is 15.1 Å². The normalized spacial score (nSPS) is 18.9. The molecule has 0 bridgehead atoms. The first-order valence-corrected chi connectivity index (χ1v) is 8.45. The van der Waals surface area contributed by atoms with Crippen LogP contribution in [0.1, 0.15) is 52.9 Å². The van der Waals surface area contributed by atoms with Gasteiger partial charge in [-0.1, -0.05) is 20.8 Å². The molecule has 1 rings (SSSR count). The zero-order valence-corrected chi connectivity index (χ0v) is 13.9. The Morgan fingerprint density at radius 2 is 1.90 bits per heavy atom. The fourth-order valence-electron chi connectivity index (χ4n) is 2.94. The van der Waals surface area contributed by atoms with Gasteiger partial charge in [0.2, 0.25) is 0 Å². The quantitative estimate of drug-likeness (QED) is 0.574. The van der Waals surface area contributed by atoms with E-state index >= 15 is 0 Å². The summed E-state index contributed by atoms with van der Waals surface area (Å²) in [5.74, 6) is -0.778. The van der Waals surface area contributed by atoms with E-state index in [0.29, 0.717) is 6.54 Å². The van der Waals surface area contributed by atoms with E-state index in [0.717, 1.165) is 58.3 Å². The van der Waals surface area contributed by atoms with Crippen LogP contribution in [0.2, 0.25) is 0 Å². The van der Waals surface area contributed by atoms with E-state index < -0.39 is 5.91 Å². The van der Waals surface area contributed by atoms with E-state index in [1.807, 2.05) is 0 Å². The van der Waals surface area contributed by atoms with Crippen molar-refractivity contribution < 1.29 is 9.59 Å². The maximum Gasteiger partial charge on any atom is 0.312 e. The van der Waals surface area contributed by atoms with Crippen molar-refractivity contribution in [1.82, 2.24) is 15.1 Å². The van der Waals surface area contributed by atoms with Gasteiger partial charge >= 0.3 is 11.8 Å². The van der Waals surface area contributed by atoms with Crippen LogP contribution in [0.5, 0.6) is 0 Å². The summed E-state index contributed by atoms with van der Waals surface area (Å²) in [6.45, 7) is 10.7. The third-order valence-electron chi connectivity index (χ3n) is 4.38. The molecule has 0 aromatic heterocycles. The maximum atomic E-state index is 12.2. The largest absolute Gasteiger partial charge is 0.348 e. The molecule has 2 amide bonds. The highest BCUT2D eigenvalue weighted by Crippen LogP contribution is 2.19. The zero-order valence-electron chi connectivity index (χ0n) is 13.9. The Morgan fingerprint density at radius 1 is 1.19 bits per heavy atom. The molecule has 21 heavy (non-hydrogen) atoms. The number of hydrogen-bond acceptors (Lipinski definition) is 3. The molecule has 5 nitrogen and oxygen atoms in total. The van der Waals surface area contributed by atoms with Crippen LogP contribution in [-0.2, 0) is 9.59 Å². The van der Waals surface area contributed by atoms with Crippen molar-refractivity contribution in [1.29, 1.82) is 0 Å². The molecule has 1 N–H and O–H groups in total. The second-order valence-corrected chi connectivity index (χ2v) is 5.69. The first kappa shape index (κ1) is 18.0. The third kappa shape index (κ3) is 5.65. The Morgan fingerprint density at radius 3 is 2.52 bits per heavy atom. The van der Waals surface area contributed by atoms with Crippen LogP contribution in [0.25, 0.3) is 0 Å². The Bertz CT molecular complexity index is 329. The Kier molecular flexibility index (Phi) is 8.35. The first-order valence-electron chi connectivity index (χ1n) is 8.45. The highest BCUT2D eigenvalue weighted by atomic mass is 16.2. The minimum Gasteiger partial charge on any atom is -0.348 e. The molecule has 0 aromatic rings. The molecule has 1 aliphatic rings. The number of piperidine rings is 1. The average molecular weight is 297 g/mol.